The van der Waals surface area contributed by atoms with Crippen molar-refractivity contribution in [1.82, 2.24) is 10.2 Å². The number of nitrogens with one attached hydrogen (secondary N) is 2. The largest absolute Gasteiger partial charge is 0.357 e. The first kappa shape index (κ1) is 16.8. The molecule has 0 radical (unpaired) electrons. The summed E-state index contributed by atoms with van der Waals surface area (Å²) in [4.78, 5) is 12.0. The van der Waals surface area contributed by atoms with Gasteiger partial charge in [-0.2, -0.15) is 0 Å². The van der Waals surface area contributed by atoms with E-state index in [1.807, 2.05) is 13.0 Å². The van der Waals surface area contributed by atoms with Crippen LogP contribution in [0.4, 0.5) is 10.8 Å². The fourth-order valence-electron chi connectivity index (χ4n) is 1.56. The van der Waals surface area contributed by atoms with Crippen molar-refractivity contribution in [3.8, 4) is 0 Å². The number of aromatic nitrogens is 2. The Bertz CT molecular complexity index is 675. The molecular weight excluding hydrogens is 340 g/mol. The van der Waals surface area contributed by atoms with Crippen LogP contribution in [0.5, 0.6) is 0 Å². The van der Waals surface area contributed by atoms with Crippen LogP contribution in [-0.2, 0) is 4.79 Å². The van der Waals surface area contributed by atoms with E-state index < -0.39 is 0 Å². The molecule has 0 unspecified atom stereocenters. The molecule has 0 fully saturated rings. The van der Waals surface area contributed by atoms with Gasteiger partial charge < -0.3 is 10.6 Å². The first-order valence-corrected chi connectivity index (χ1v) is 8.64. The maximum absolute atomic E-state index is 12.0. The Labute approximate surface area is 142 Å². The molecule has 1 heterocycles. The molecule has 1 aromatic carbocycles. The lowest BCUT2D eigenvalue weighted by atomic mass is 10.2. The van der Waals surface area contributed by atoms with Crippen molar-refractivity contribution in [2.75, 3.05) is 22.9 Å². The number of hydrogen-bond acceptors (Lipinski definition) is 6. The van der Waals surface area contributed by atoms with Crippen LogP contribution in [0.2, 0.25) is 5.02 Å². The summed E-state index contributed by atoms with van der Waals surface area (Å²) in [6.45, 7) is 6.12. The molecule has 0 saturated carbocycles. The van der Waals surface area contributed by atoms with Gasteiger partial charge in [-0.1, -0.05) is 46.8 Å². The van der Waals surface area contributed by atoms with Crippen molar-refractivity contribution in [3.63, 3.8) is 0 Å². The van der Waals surface area contributed by atoms with Gasteiger partial charge in [0, 0.05) is 17.3 Å². The van der Waals surface area contributed by atoms with E-state index in [4.69, 9.17) is 11.6 Å². The van der Waals surface area contributed by atoms with Gasteiger partial charge in [-0.3, -0.25) is 4.79 Å². The Morgan fingerprint density at radius 2 is 2.32 bits per heavy atom. The van der Waals surface area contributed by atoms with Crippen LogP contribution in [-0.4, -0.2) is 28.4 Å². The lowest BCUT2D eigenvalue weighted by Gasteiger charge is -2.08. The average molecular weight is 355 g/mol. The fraction of sp³-hybridized carbons (Fsp3) is 0.214. The zero-order chi connectivity index (χ0) is 15.9. The SMILES string of the molecule is C=CCNc1nnc(SCC(=O)Nc2cccc(Cl)c2C)s1. The van der Waals surface area contributed by atoms with Gasteiger partial charge in [0.1, 0.15) is 0 Å². The molecule has 0 atom stereocenters. The Kier molecular flexibility index (Phi) is 6.23. The molecule has 0 saturated heterocycles. The second kappa shape index (κ2) is 8.17. The summed E-state index contributed by atoms with van der Waals surface area (Å²) in [6.07, 6.45) is 1.75. The standard InChI is InChI=1S/C14H15ClN4OS2/c1-3-7-16-13-18-19-14(22-13)21-8-12(20)17-11-6-4-5-10(15)9(11)2/h3-6H,1,7-8H2,2H3,(H,16,18)(H,17,20). The molecule has 0 aliphatic rings. The number of nitrogens with zero attached hydrogens (tertiary/aromatic N) is 2. The van der Waals surface area contributed by atoms with Crippen molar-refractivity contribution in [3.05, 3.63) is 41.4 Å². The zero-order valence-electron chi connectivity index (χ0n) is 11.9. The van der Waals surface area contributed by atoms with Crippen LogP contribution in [0.3, 0.4) is 0 Å². The molecule has 1 amide bonds. The minimum atomic E-state index is -0.105. The van der Waals surface area contributed by atoms with Gasteiger partial charge in [0.15, 0.2) is 4.34 Å². The van der Waals surface area contributed by atoms with Crippen molar-refractivity contribution in [2.24, 2.45) is 0 Å². The number of thioether (sulfide) groups is 1. The minimum Gasteiger partial charge on any atom is -0.357 e. The number of amides is 1. The Morgan fingerprint density at radius 1 is 1.50 bits per heavy atom. The quantitative estimate of drug-likeness (QED) is 0.584. The molecule has 0 spiro atoms. The van der Waals surface area contributed by atoms with Gasteiger partial charge in [-0.05, 0) is 24.6 Å². The fourth-order valence-corrected chi connectivity index (χ4v) is 3.29. The van der Waals surface area contributed by atoms with E-state index in [1.54, 1.807) is 18.2 Å². The third-order valence-electron chi connectivity index (χ3n) is 2.67. The smallest absolute Gasteiger partial charge is 0.234 e. The molecule has 2 rings (SSSR count). The molecule has 8 heteroatoms. The number of hydrogen-bond donors (Lipinski definition) is 2. The maximum Gasteiger partial charge on any atom is 0.234 e. The summed E-state index contributed by atoms with van der Waals surface area (Å²) in [7, 11) is 0. The van der Waals surface area contributed by atoms with E-state index >= 15 is 0 Å². The molecule has 22 heavy (non-hydrogen) atoms. The van der Waals surface area contributed by atoms with Gasteiger partial charge in [-0.25, -0.2) is 0 Å². The van der Waals surface area contributed by atoms with Crippen LogP contribution >= 0.6 is 34.7 Å². The van der Waals surface area contributed by atoms with Crippen molar-refractivity contribution < 1.29 is 4.79 Å². The number of benzene rings is 1. The lowest BCUT2D eigenvalue weighted by molar-refractivity contribution is -0.113. The molecule has 0 aliphatic carbocycles. The van der Waals surface area contributed by atoms with Gasteiger partial charge >= 0.3 is 0 Å². The maximum atomic E-state index is 12.0. The highest BCUT2D eigenvalue weighted by Crippen LogP contribution is 2.26. The summed E-state index contributed by atoms with van der Waals surface area (Å²) in [5.74, 6) is 0.161. The van der Waals surface area contributed by atoms with E-state index in [1.165, 1.54) is 23.1 Å². The molecule has 0 bridgehead atoms. The summed E-state index contributed by atoms with van der Waals surface area (Å²) < 4.78 is 0.740. The Hall–Kier alpha value is -1.57. The third kappa shape index (κ3) is 4.72. The van der Waals surface area contributed by atoms with Crippen LogP contribution < -0.4 is 10.6 Å². The molecular formula is C14H15ClN4OS2. The van der Waals surface area contributed by atoms with Gasteiger partial charge in [-0.15, -0.1) is 16.8 Å². The molecule has 0 aliphatic heterocycles. The summed E-state index contributed by atoms with van der Waals surface area (Å²) in [5.41, 5.74) is 1.58. The normalized spacial score (nSPS) is 10.3. The number of anilines is 2. The number of halogens is 1. The Balaban J connectivity index is 1.86. The second-order valence-electron chi connectivity index (χ2n) is 4.29. The molecule has 2 N–H and O–H groups in total. The minimum absolute atomic E-state index is 0.105. The Morgan fingerprint density at radius 3 is 3.09 bits per heavy atom. The molecule has 5 nitrogen and oxygen atoms in total. The van der Waals surface area contributed by atoms with Crippen LogP contribution in [0.15, 0.2) is 35.2 Å². The highest BCUT2D eigenvalue weighted by Gasteiger charge is 2.10. The van der Waals surface area contributed by atoms with Crippen molar-refractivity contribution in [2.45, 2.75) is 11.3 Å². The van der Waals surface area contributed by atoms with E-state index in [9.17, 15) is 4.79 Å². The van der Waals surface area contributed by atoms with Gasteiger partial charge in [0.05, 0.1) is 5.75 Å². The topological polar surface area (TPSA) is 66.9 Å². The summed E-state index contributed by atoms with van der Waals surface area (Å²) in [6, 6.07) is 5.42. The molecule has 116 valence electrons. The van der Waals surface area contributed by atoms with Crippen molar-refractivity contribution >= 4 is 51.4 Å². The average Bonchev–Trinajstić information content (AvgIpc) is 2.96. The number of carbonyl (C=O) groups excluding carboxylic acids is 1. The van der Waals surface area contributed by atoms with Crippen LogP contribution in [0.1, 0.15) is 5.56 Å². The lowest BCUT2D eigenvalue weighted by Crippen LogP contribution is -2.14. The summed E-state index contributed by atoms with van der Waals surface area (Å²) >= 11 is 8.78. The first-order valence-electron chi connectivity index (χ1n) is 6.46. The van der Waals surface area contributed by atoms with Crippen LogP contribution in [0, 0.1) is 6.92 Å². The molecule has 1 aromatic heterocycles. The number of carbonyl (C=O) groups is 1. The molecule has 2 aromatic rings. The second-order valence-corrected chi connectivity index (χ2v) is 6.90. The predicted octanol–water partition coefficient (Wildman–Crippen LogP) is 3.83. The van der Waals surface area contributed by atoms with Gasteiger partial charge in [0.2, 0.25) is 11.0 Å². The third-order valence-corrected chi connectivity index (χ3v) is 5.10. The van der Waals surface area contributed by atoms with E-state index in [-0.39, 0.29) is 11.7 Å². The monoisotopic (exact) mass is 354 g/mol. The van der Waals surface area contributed by atoms with Gasteiger partial charge in [0.25, 0.3) is 0 Å². The number of rotatable bonds is 7. The predicted molar refractivity (Wildman–Crippen MR) is 94.1 cm³/mol. The summed E-state index contributed by atoms with van der Waals surface area (Å²) in [5, 5.41) is 15.2. The highest BCUT2D eigenvalue weighted by molar-refractivity contribution is 8.01. The first-order chi connectivity index (χ1) is 10.6. The van der Waals surface area contributed by atoms with Crippen LogP contribution in [0.25, 0.3) is 0 Å². The van der Waals surface area contributed by atoms with E-state index in [0.717, 1.165) is 15.6 Å². The van der Waals surface area contributed by atoms with E-state index in [2.05, 4.69) is 27.4 Å². The van der Waals surface area contributed by atoms with E-state index in [0.29, 0.717) is 16.7 Å². The highest BCUT2D eigenvalue weighted by atomic mass is 35.5. The van der Waals surface area contributed by atoms with Crippen molar-refractivity contribution in [1.29, 1.82) is 0 Å². The zero-order valence-corrected chi connectivity index (χ0v) is 14.3.